The number of carbonyl (C=O) groups excluding carboxylic acids is 2. The van der Waals surface area contributed by atoms with Crippen molar-refractivity contribution < 1.29 is 32.2 Å². The zero-order valence-electron chi connectivity index (χ0n) is 23.1. The van der Waals surface area contributed by atoms with Crippen molar-refractivity contribution in [3.63, 3.8) is 0 Å². The zero-order valence-corrected chi connectivity index (χ0v) is 24.7. The molecule has 0 spiro atoms. The number of aromatic nitrogens is 1. The lowest BCUT2D eigenvalue weighted by Gasteiger charge is -2.22. The van der Waals surface area contributed by atoms with E-state index in [0.717, 1.165) is 35.9 Å². The van der Waals surface area contributed by atoms with Crippen molar-refractivity contribution in [3.05, 3.63) is 46.8 Å². The molecular weight excluding hydrogens is 554 g/mol. The maximum absolute atomic E-state index is 13.3. The SMILES string of the molecule is CCCCN(CCCC)S(=O)(=O)c1ccc(C(=O)N=c2sc3cc4c(cc3n2CCC(=O)OC)OCCO4)cc1. The molecule has 0 unspecified atom stereocenters. The number of hydrogen-bond acceptors (Lipinski definition) is 8. The van der Waals surface area contributed by atoms with E-state index in [0.29, 0.717) is 42.6 Å². The topological polar surface area (TPSA) is 117 Å². The van der Waals surface area contributed by atoms with Crippen LogP contribution in [0, 0.1) is 0 Å². The summed E-state index contributed by atoms with van der Waals surface area (Å²) in [6.45, 7) is 6.11. The molecule has 1 amide bonds. The van der Waals surface area contributed by atoms with Crippen LogP contribution in [0.4, 0.5) is 0 Å². The molecule has 3 aromatic rings. The molecule has 0 fully saturated rings. The molecule has 0 saturated heterocycles. The Bertz CT molecular complexity index is 1520. The van der Waals surface area contributed by atoms with E-state index in [1.54, 1.807) is 4.57 Å². The number of fused-ring (bicyclic) bond motifs is 2. The molecule has 1 aromatic heterocycles. The molecule has 0 saturated carbocycles. The molecule has 0 aliphatic carbocycles. The van der Waals surface area contributed by atoms with Crippen molar-refractivity contribution in [2.45, 2.75) is 57.4 Å². The van der Waals surface area contributed by atoms with Crippen LogP contribution in [-0.2, 0) is 26.1 Å². The van der Waals surface area contributed by atoms with Crippen LogP contribution in [0.25, 0.3) is 10.2 Å². The first kappa shape index (κ1) is 29.8. The molecule has 2 heterocycles. The Morgan fingerprint density at radius 2 is 1.65 bits per heavy atom. The van der Waals surface area contributed by atoms with Gasteiger partial charge >= 0.3 is 5.97 Å². The first-order valence-corrected chi connectivity index (χ1v) is 15.7. The van der Waals surface area contributed by atoms with Crippen molar-refractivity contribution in [2.75, 3.05) is 33.4 Å². The summed E-state index contributed by atoms with van der Waals surface area (Å²) in [5.74, 6) is 0.297. The van der Waals surface area contributed by atoms with Crippen LogP contribution < -0.4 is 14.3 Å². The van der Waals surface area contributed by atoms with Gasteiger partial charge in [0.2, 0.25) is 10.0 Å². The second-order valence-electron chi connectivity index (χ2n) is 9.38. The molecule has 40 heavy (non-hydrogen) atoms. The number of rotatable bonds is 12. The van der Waals surface area contributed by atoms with Gasteiger partial charge < -0.3 is 18.8 Å². The van der Waals surface area contributed by atoms with E-state index < -0.39 is 15.9 Å². The van der Waals surface area contributed by atoms with E-state index in [2.05, 4.69) is 4.99 Å². The first-order valence-electron chi connectivity index (χ1n) is 13.5. The minimum Gasteiger partial charge on any atom is -0.486 e. The maximum Gasteiger partial charge on any atom is 0.307 e. The van der Waals surface area contributed by atoms with Crippen molar-refractivity contribution in [1.29, 1.82) is 0 Å². The van der Waals surface area contributed by atoms with Gasteiger partial charge in [-0.3, -0.25) is 9.59 Å². The van der Waals surface area contributed by atoms with Gasteiger partial charge in [-0.2, -0.15) is 9.30 Å². The third-order valence-corrected chi connectivity index (χ3v) is 9.53. The summed E-state index contributed by atoms with van der Waals surface area (Å²) in [4.78, 5) is 30.0. The Balaban J connectivity index is 1.66. The van der Waals surface area contributed by atoms with E-state index in [-0.39, 0.29) is 29.4 Å². The van der Waals surface area contributed by atoms with E-state index in [9.17, 15) is 18.0 Å². The minimum absolute atomic E-state index is 0.0945. The second-order valence-corrected chi connectivity index (χ2v) is 12.3. The smallest absolute Gasteiger partial charge is 0.307 e. The number of methoxy groups -OCH3 is 1. The van der Waals surface area contributed by atoms with Crippen LogP contribution in [-0.4, -0.2) is 62.6 Å². The molecule has 0 radical (unpaired) electrons. The van der Waals surface area contributed by atoms with Crippen LogP contribution in [0.3, 0.4) is 0 Å². The fourth-order valence-corrected chi connectivity index (χ4v) is 6.89. The highest BCUT2D eigenvalue weighted by Crippen LogP contribution is 2.35. The third kappa shape index (κ3) is 6.73. The number of amides is 1. The molecule has 0 N–H and O–H groups in total. The van der Waals surface area contributed by atoms with Gasteiger partial charge in [-0.1, -0.05) is 38.0 Å². The molecule has 216 valence electrons. The standard InChI is InChI=1S/C28H35N3O7S2/c1-4-6-13-30(14-7-5-2)40(34,35)21-10-8-20(9-11-21)27(33)29-28-31(15-12-26(32)36-3)22-18-23-24(19-25(22)39-28)38-17-16-37-23/h8-11,18-19H,4-7,12-17H2,1-3H3. The lowest BCUT2D eigenvalue weighted by molar-refractivity contribution is -0.140. The van der Waals surface area contributed by atoms with Crippen LogP contribution in [0.1, 0.15) is 56.3 Å². The summed E-state index contributed by atoms with van der Waals surface area (Å²) >= 11 is 1.29. The van der Waals surface area contributed by atoms with Gasteiger partial charge in [-0.05, 0) is 37.1 Å². The van der Waals surface area contributed by atoms with Crippen LogP contribution in [0.2, 0.25) is 0 Å². The Morgan fingerprint density at radius 1 is 1.02 bits per heavy atom. The molecule has 10 nitrogen and oxygen atoms in total. The number of esters is 1. The number of carbonyl (C=O) groups is 2. The number of unbranched alkanes of at least 4 members (excludes halogenated alkanes) is 2. The fraction of sp³-hybridized carbons (Fsp3) is 0.464. The normalized spacial score (nSPS) is 13.7. The zero-order chi connectivity index (χ0) is 28.7. The predicted octanol–water partition coefficient (Wildman–Crippen LogP) is 4.37. The summed E-state index contributed by atoms with van der Waals surface area (Å²) in [6, 6.07) is 9.56. The molecule has 0 bridgehead atoms. The van der Waals surface area contributed by atoms with Gasteiger partial charge in [0.15, 0.2) is 16.3 Å². The maximum atomic E-state index is 13.3. The van der Waals surface area contributed by atoms with Crippen molar-refractivity contribution in [1.82, 2.24) is 8.87 Å². The number of ether oxygens (including phenoxy) is 3. The number of sulfonamides is 1. The second kappa shape index (κ2) is 13.4. The van der Waals surface area contributed by atoms with Crippen molar-refractivity contribution in [2.24, 2.45) is 4.99 Å². The van der Waals surface area contributed by atoms with Gasteiger partial charge in [0.25, 0.3) is 5.91 Å². The molecular formula is C28H35N3O7S2. The fourth-order valence-electron chi connectivity index (χ4n) is 4.30. The van der Waals surface area contributed by atoms with Gasteiger partial charge in [-0.25, -0.2) is 8.42 Å². The molecule has 1 aliphatic rings. The Hall–Kier alpha value is -3.22. The first-order chi connectivity index (χ1) is 19.3. The number of benzene rings is 2. The monoisotopic (exact) mass is 589 g/mol. The van der Waals surface area contributed by atoms with Crippen molar-refractivity contribution >= 4 is 43.5 Å². The van der Waals surface area contributed by atoms with Crippen LogP contribution >= 0.6 is 11.3 Å². The average Bonchev–Trinajstić information content (AvgIpc) is 3.29. The summed E-state index contributed by atoms with van der Waals surface area (Å²) in [5.41, 5.74) is 1.01. The highest BCUT2D eigenvalue weighted by molar-refractivity contribution is 7.89. The average molecular weight is 590 g/mol. The number of aryl methyl sites for hydroxylation is 1. The molecule has 0 atom stereocenters. The Kier molecular flexibility index (Phi) is 9.99. The van der Waals surface area contributed by atoms with Crippen LogP contribution in [0.5, 0.6) is 11.5 Å². The summed E-state index contributed by atoms with van der Waals surface area (Å²) in [7, 11) is -2.35. The molecule has 12 heteroatoms. The van der Waals surface area contributed by atoms with E-state index >= 15 is 0 Å². The van der Waals surface area contributed by atoms with Gasteiger partial charge in [0, 0.05) is 37.3 Å². The summed E-state index contributed by atoms with van der Waals surface area (Å²) in [6.07, 6.45) is 3.45. The highest BCUT2D eigenvalue weighted by Gasteiger charge is 2.24. The van der Waals surface area contributed by atoms with Gasteiger partial charge in [0.1, 0.15) is 13.2 Å². The molecule has 2 aromatic carbocycles. The third-order valence-electron chi connectivity index (χ3n) is 6.57. The van der Waals surface area contributed by atoms with Gasteiger partial charge in [-0.15, -0.1) is 0 Å². The lowest BCUT2D eigenvalue weighted by atomic mass is 10.2. The Labute approximate surface area is 238 Å². The number of hydrogen-bond donors (Lipinski definition) is 0. The van der Waals surface area contributed by atoms with E-state index in [1.165, 1.54) is 47.0 Å². The largest absolute Gasteiger partial charge is 0.486 e. The Morgan fingerprint density at radius 3 is 2.25 bits per heavy atom. The van der Waals surface area contributed by atoms with E-state index in [1.807, 2.05) is 26.0 Å². The summed E-state index contributed by atoms with van der Waals surface area (Å²) < 4.78 is 46.9. The highest BCUT2D eigenvalue weighted by atomic mass is 32.2. The quantitative estimate of drug-likeness (QED) is 0.288. The number of nitrogens with zero attached hydrogens (tertiary/aromatic N) is 3. The van der Waals surface area contributed by atoms with Gasteiger partial charge in [0.05, 0.1) is 28.6 Å². The van der Waals surface area contributed by atoms with Crippen molar-refractivity contribution in [3.8, 4) is 11.5 Å². The lowest BCUT2D eigenvalue weighted by Crippen LogP contribution is -2.33. The van der Waals surface area contributed by atoms with Crippen LogP contribution in [0.15, 0.2) is 46.3 Å². The van der Waals surface area contributed by atoms with E-state index in [4.69, 9.17) is 14.2 Å². The minimum atomic E-state index is -3.68. The molecule has 4 rings (SSSR count). The number of thiazole rings is 1. The summed E-state index contributed by atoms with van der Waals surface area (Å²) in [5, 5.41) is 0. The molecule has 1 aliphatic heterocycles. The predicted molar refractivity (Wildman–Crippen MR) is 152 cm³/mol.